The predicted molar refractivity (Wildman–Crippen MR) is 110 cm³/mol. The van der Waals surface area contributed by atoms with Crippen molar-refractivity contribution in [2.45, 2.75) is 24.1 Å². The van der Waals surface area contributed by atoms with Crippen LogP contribution in [0.1, 0.15) is 34.1 Å². The van der Waals surface area contributed by atoms with Gasteiger partial charge in [-0.05, 0) is 44.2 Å². The number of nitriles is 1. The Hall–Kier alpha value is -2.30. The van der Waals surface area contributed by atoms with Gasteiger partial charge < -0.3 is 4.74 Å². The number of aromatic nitrogens is 1. The fraction of sp³-hybridized carbons (Fsp3) is 0.300. The molecule has 2 heterocycles. The summed E-state index contributed by atoms with van der Waals surface area (Å²) in [6, 6.07) is 11.7. The van der Waals surface area contributed by atoms with Crippen molar-refractivity contribution in [2.24, 2.45) is 4.99 Å². The number of carbonyl (C=O) groups is 1. The Morgan fingerprint density at radius 2 is 2.15 bits per heavy atom. The summed E-state index contributed by atoms with van der Waals surface area (Å²) in [5.41, 5.74) is 2.72. The van der Waals surface area contributed by atoms with Gasteiger partial charge in [0.2, 0.25) is 0 Å². The summed E-state index contributed by atoms with van der Waals surface area (Å²) < 4.78 is 5.19. The molecule has 2 aromatic rings. The van der Waals surface area contributed by atoms with Gasteiger partial charge in [-0.25, -0.2) is 4.98 Å². The summed E-state index contributed by atoms with van der Waals surface area (Å²) in [7, 11) is 1.65. The predicted octanol–water partition coefficient (Wildman–Crippen LogP) is 4.13. The van der Waals surface area contributed by atoms with E-state index in [2.05, 4.69) is 16.0 Å². The number of nitrogens with zero attached hydrogens (tertiary/aromatic N) is 3. The van der Waals surface area contributed by atoms with Gasteiger partial charge in [0, 0.05) is 27.8 Å². The molecule has 0 saturated carbocycles. The molecule has 1 atom stereocenters. The van der Waals surface area contributed by atoms with Crippen molar-refractivity contribution in [3.63, 3.8) is 0 Å². The molecule has 0 spiro atoms. The Morgan fingerprint density at radius 1 is 1.41 bits per heavy atom. The van der Waals surface area contributed by atoms with Gasteiger partial charge in [-0.1, -0.05) is 0 Å². The highest BCUT2D eigenvalue weighted by atomic mass is 32.2. The average Bonchev–Trinajstić information content (AvgIpc) is 3.15. The number of aryl methyl sites for hydroxylation is 1. The van der Waals surface area contributed by atoms with E-state index >= 15 is 0 Å². The molecular formula is C20H19N3O2S2. The zero-order valence-corrected chi connectivity index (χ0v) is 17.0. The number of carbonyl (C=O) groups excluding carboxylic acids is 1. The molecule has 3 rings (SSSR count). The first kappa shape index (κ1) is 19.5. The Kier molecular flexibility index (Phi) is 6.19. The number of aliphatic imine (C=N–C) groups is 1. The normalized spacial score (nSPS) is 15.9. The van der Waals surface area contributed by atoms with E-state index in [0.29, 0.717) is 27.1 Å². The van der Waals surface area contributed by atoms with Gasteiger partial charge in [0.1, 0.15) is 16.8 Å². The first-order valence-corrected chi connectivity index (χ1v) is 10.3. The lowest BCUT2D eigenvalue weighted by molar-refractivity contribution is 0.101. The van der Waals surface area contributed by atoms with Crippen LogP contribution in [0.25, 0.3) is 0 Å². The van der Waals surface area contributed by atoms with E-state index in [1.807, 2.05) is 24.3 Å². The zero-order valence-electron chi connectivity index (χ0n) is 15.4. The topological polar surface area (TPSA) is 75.3 Å². The number of rotatable bonds is 6. The lowest BCUT2D eigenvalue weighted by Crippen LogP contribution is -2.08. The fourth-order valence-electron chi connectivity index (χ4n) is 2.70. The first-order valence-electron chi connectivity index (χ1n) is 8.42. The van der Waals surface area contributed by atoms with Crippen molar-refractivity contribution in [1.29, 1.82) is 5.26 Å². The monoisotopic (exact) mass is 397 g/mol. The first-order chi connectivity index (χ1) is 13.0. The van der Waals surface area contributed by atoms with Crippen molar-refractivity contribution in [1.82, 2.24) is 4.98 Å². The molecule has 0 amide bonds. The number of Topliss-reactive ketones (excluding diaryl/α,β-unsaturated/α-hetero) is 1. The summed E-state index contributed by atoms with van der Waals surface area (Å²) in [4.78, 5) is 20.8. The molecular weight excluding hydrogens is 378 g/mol. The third-order valence-electron chi connectivity index (χ3n) is 4.14. The number of benzene rings is 1. The number of hydrogen-bond donors (Lipinski definition) is 0. The second-order valence-electron chi connectivity index (χ2n) is 6.07. The lowest BCUT2D eigenvalue weighted by atomic mass is 10.1. The van der Waals surface area contributed by atoms with E-state index in [9.17, 15) is 10.1 Å². The molecule has 1 aromatic carbocycles. The largest absolute Gasteiger partial charge is 0.497 e. The van der Waals surface area contributed by atoms with Gasteiger partial charge in [-0.2, -0.15) is 5.26 Å². The van der Waals surface area contributed by atoms with Crippen LogP contribution in [0, 0.1) is 18.3 Å². The van der Waals surface area contributed by atoms with Crippen molar-refractivity contribution >= 4 is 34.4 Å². The Bertz CT molecular complexity index is 933. The Morgan fingerprint density at radius 3 is 2.78 bits per heavy atom. The van der Waals surface area contributed by atoms with Crippen LogP contribution in [0.3, 0.4) is 0 Å². The molecule has 7 heteroatoms. The van der Waals surface area contributed by atoms with E-state index in [-0.39, 0.29) is 5.78 Å². The second kappa shape index (κ2) is 8.59. The minimum Gasteiger partial charge on any atom is -0.497 e. The van der Waals surface area contributed by atoms with Crippen molar-refractivity contribution in [2.75, 3.05) is 19.4 Å². The SMILES string of the molecule is COc1ccc(C2=NC[C@@H](CSc3nc(C)c(C(C)=O)cc3C#N)S2)cc1. The summed E-state index contributed by atoms with van der Waals surface area (Å²) >= 11 is 3.29. The molecule has 1 aromatic heterocycles. The van der Waals surface area contributed by atoms with E-state index in [0.717, 1.165) is 28.7 Å². The van der Waals surface area contributed by atoms with Crippen molar-refractivity contribution in [3.05, 3.63) is 52.7 Å². The number of hydrogen-bond acceptors (Lipinski definition) is 7. The molecule has 1 aliphatic rings. The van der Waals surface area contributed by atoms with Crippen LogP contribution >= 0.6 is 23.5 Å². The van der Waals surface area contributed by atoms with Gasteiger partial charge in [0.25, 0.3) is 0 Å². The maximum absolute atomic E-state index is 11.6. The second-order valence-corrected chi connectivity index (χ2v) is 8.37. The van der Waals surface area contributed by atoms with E-state index in [1.165, 1.54) is 6.92 Å². The summed E-state index contributed by atoms with van der Waals surface area (Å²) in [6.45, 7) is 4.04. The third kappa shape index (κ3) is 4.52. The summed E-state index contributed by atoms with van der Waals surface area (Å²) in [5.74, 6) is 1.56. The maximum Gasteiger partial charge on any atom is 0.161 e. The average molecular weight is 398 g/mol. The minimum atomic E-state index is -0.0723. The molecule has 138 valence electrons. The van der Waals surface area contributed by atoms with Gasteiger partial charge in [-0.3, -0.25) is 9.79 Å². The van der Waals surface area contributed by atoms with Crippen LogP contribution in [0.15, 0.2) is 40.4 Å². The molecule has 27 heavy (non-hydrogen) atoms. The van der Waals surface area contributed by atoms with Gasteiger partial charge >= 0.3 is 0 Å². The lowest BCUT2D eigenvalue weighted by Gasteiger charge is -2.11. The van der Waals surface area contributed by atoms with Crippen LogP contribution in [0.5, 0.6) is 5.75 Å². The highest BCUT2D eigenvalue weighted by molar-refractivity contribution is 8.16. The number of ketones is 1. The summed E-state index contributed by atoms with van der Waals surface area (Å²) in [6.07, 6.45) is 0. The Labute approximate surface area is 167 Å². The quantitative estimate of drug-likeness (QED) is 0.539. The number of pyridine rings is 1. The highest BCUT2D eigenvalue weighted by Crippen LogP contribution is 2.32. The fourth-order valence-corrected chi connectivity index (χ4v) is 4.97. The van der Waals surface area contributed by atoms with Crippen molar-refractivity contribution < 1.29 is 9.53 Å². The number of ether oxygens (including phenoxy) is 1. The molecule has 0 bridgehead atoms. The molecule has 5 nitrogen and oxygen atoms in total. The van der Waals surface area contributed by atoms with Crippen LogP contribution in [-0.2, 0) is 0 Å². The highest BCUT2D eigenvalue weighted by Gasteiger charge is 2.22. The van der Waals surface area contributed by atoms with Gasteiger partial charge in [0.05, 0.1) is 24.3 Å². The van der Waals surface area contributed by atoms with Crippen LogP contribution in [-0.4, -0.2) is 40.5 Å². The van der Waals surface area contributed by atoms with E-state index in [4.69, 9.17) is 4.74 Å². The molecule has 0 unspecified atom stereocenters. The third-order valence-corrected chi connectivity index (χ3v) is 6.74. The van der Waals surface area contributed by atoms with E-state index in [1.54, 1.807) is 43.6 Å². The van der Waals surface area contributed by atoms with Crippen molar-refractivity contribution in [3.8, 4) is 11.8 Å². The molecule has 0 aliphatic carbocycles. The van der Waals surface area contributed by atoms with Gasteiger partial charge in [0.15, 0.2) is 5.78 Å². The van der Waals surface area contributed by atoms with Gasteiger partial charge in [-0.15, -0.1) is 23.5 Å². The summed E-state index contributed by atoms with van der Waals surface area (Å²) in [5, 5.41) is 11.4. The molecule has 0 radical (unpaired) electrons. The molecule has 0 N–H and O–H groups in total. The molecule has 1 aliphatic heterocycles. The number of thioether (sulfide) groups is 2. The molecule has 0 fully saturated rings. The zero-order chi connectivity index (χ0) is 19.4. The smallest absolute Gasteiger partial charge is 0.161 e. The Balaban J connectivity index is 1.64. The van der Waals surface area contributed by atoms with E-state index < -0.39 is 0 Å². The molecule has 0 saturated heterocycles. The standard InChI is InChI=1S/C20H19N3O2S2/c1-12-18(13(2)24)8-15(9-21)20(23-12)26-11-17-10-22-19(27-17)14-4-6-16(25-3)7-5-14/h4-8,17H,10-11H2,1-3H3/t17-/m0/s1. The van der Waals surface area contributed by atoms with Crippen LogP contribution in [0.4, 0.5) is 0 Å². The van der Waals surface area contributed by atoms with Crippen LogP contribution < -0.4 is 4.74 Å². The minimum absolute atomic E-state index is 0.0723. The van der Waals surface area contributed by atoms with Crippen LogP contribution in [0.2, 0.25) is 0 Å². The maximum atomic E-state index is 11.6. The number of methoxy groups -OCH3 is 1.